The van der Waals surface area contributed by atoms with Crippen molar-refractivity contribution in [1.82, 2.24) is 19.2 Å². The summed E-state index contributed by atoms with van der Waals surface area (Å²) >= 11 is 12.1. The predicted octanol–water partition coefficient (Wildman–Crippen LogP) is 3.38. The minimum Gasteiger partial charge on any atom is -0.341 e. The van der Waals surface area contributed by atoms with Gasteiger partial charge in [-0.25, -0.2) is 13.4 Å². The van der Waals surface area contributed by atoms with E-state index >= 15 is 0 Å². The third-order valence-electron chi connectivity index (χ3n) is 4.68. The number of sulfonamides is 1. The molecule has 4 rings (SSSR count). The Morgan fingerprint density at radius 1 is 1.00 bits per heavy atom. The van der Waals surface area contributed by atoms with Crippen molar-refractivity contribution in [2.45, 2.75) is 11.4 Å². The van der Waals surface area contributed by atoms with Crippen LogP contribution in [0.3, 0.4) is 0 Å². The topological polar surface area (TPSA) is 69.3 Å². The van der Waals surface area contributed by atoms with E-state index in [-0.39, 0.29) is 14.9 Å². The van der Waals surface area contributed by atoms with Crippen LogP contribution in [0.25, 0.3) is 11.0 Å². The predicted molar refractivity (Wildman–Crippen MR) is 107 cm³/mol. The van der Waals surface area contributed by atoms with E-state index in [1.807, 2.05) is 24.3 Å². The van der Waals surface area contributed by atoms with Gasteiger partial charge in [0.2, 0.25) is 10.0 Å². The van der Waals surface area contributed by atoms with Gasteiger partial charge in [0, 0.05) is 26.2 Å². The first-order valence-corrected chi connectivity index (χ1v) is 10.7. The van der Waals surface area contributed by atoms with E-state index in [1.165, 1.54) is 10.4 Å². The number of rotatable bonds is 4. The molecule has 0 amide bonds. The number of benzene rings is 2. The van der Waals surface area contributed by atoms with Gasteiger partial charge < -0.3 is 4.98 Å². The molecule has 1 N–H and O–H groups in total. The number of para-hydroxylation sites is 2. The van der Waals surface area contributed by atoms with E-state index in [0.29, 0.717) is 32.7 Å². The maximum absolute atomic E-state index is 12.9. The van der Waals surface area contributed by atoms with Gasteiger partial charge in [-0.15, -0.1) is 0 Å². The Morgan fingerprint density at radius 3 is 2.48 bits per heavy atom. The molecule has 1 aromatic heterocycles. The van der Waals surface area contributed by atoms with Crippen LogP contribution in [0.15, 0.2) is 47.4 Å². The van der Waals surface area contributed by atoms with Crippen LogP contribution >= 0.6 is 23.2 Å². The van der Waals surface area contributed by atoms with Crippen LogP contribution in [0.5, 0.6) is 0 Å². The molecule has 2 aromatic carbocycles. The molecule has 0 bridgehead atoms. The van der Waals surface area contributed by atoms with Crippen LogP contribution in [0.1, 0.15) is 5.82 Å². The first-order chi connectivity index (χ1) is 12.9. The molecule has 2 heterocycles. The second-order valence-electron chi connectivity index (χ2n) is 6.43. The van der Waals surface area contributed by atoms with Gasteiger partial charge in [-0.2, -0.15) is 4.31 Å². The van der Waals surface area contributed by atoms with Gasteiger partial charge in [-0.1, -0.05) is 41.4 Å². The maximum Gasteiger partial charge on any atom is 0.244 e. The number of hydrogen-bond donors (Lipinski definition) is 1. The first kappa shape index (κ1) is 18.7. The van der Waals surface area contributed by atoms with Crippen LogP contribution in [-0.4, -0.2) is 53.8 Å². The van der Waals surface area contributed by atoms with Crippen molar-refractivity contribution in [1.29, 1.82) is 0 Å². The van der Waals surface area contributed by atoms with Crippen LogP contribution in [-0.2, 0) is 16.6 Å². The van der Waals surface area contributed by atoms with Gasteiger partial charge >= 0.3 is 0 Å². The smallest absolute Gasteiger partial charge is 0.244 e. The van der Waals surface area contributed by atoms with Crippen LogP contribution in [0.4, 0.5) is 0 Å². The van der Waals surface area contributed by atoms with Crippen molar-refractivity contribution in [3.63, 3.8) is 0 Å². The Balaban J connectivity index is 1.44. The van der Waals surface area contributed by atoms with Crippen molar-refractivity contribution in [3.05, 3.63) is 58.3 Å². The maximum atomic E-state index is 12.9. The molecule has 0 atom stereocenters. The van der Waals surface area contributed by atoms with Crippen molar-refractivity contribution in [2.24, 2.45) is 0 Å². The van der Waals surface area contributed by atoms with Crippen molar-refractivity contribution in [3.8, 4) is 0 Å². The average Bonchev–Trinajstić information content (AvgIpc) is 3.06. The quantitative estimate of drug-likeness (QED) is 0.696. The summed E-state index contributed by atoms with van der Waals surface area (Å²) < 4.78 is 27.2. The molecule has 0 spiro atoms. The largest absolute Gasteiger partial charge is 0.341 e. The number of nitrogens with zero attached hydrogens (tertiary/aromatic N) is 3. The second kappa shape index (κ2) is 7.41. The Hall–Kier alpha value is -1.64. The number of fused-ring (bicyclic) bond motifs is 1. The lowest BCUT2D eigenvalue weighted by atomic mass is 10.3. The van der Waals surface area contributed by atoms with E-state index in [4.69, 9.17) is 23.2 Å². The van der Waals surface area contributed by atoms with Gasteiger partial charge in [0.05, 0.1) is 27.6 Å². The Bertz CT molecular complexity index is 1040. The minimum atomic E-state index is -3.67. The highest BCUT2D eigenvalue weighted by Gasteiger charge is 2.30. The summed E-state index contributed by atoms with van der Waals surface area (Å²) in [5.41, 5.74) is 1.94. The van der Waals surface area contributed by atoms with E-state index in [2.05, 4.69) is 14.9 Å². The summed E-state index contributed by atoms with van der Waals surface area (Å²) in [7, 11) is -3.67. The first-order valence-electron chi connectivity index (χ1n) is 8.55. The van der Waals surface area contributed by atoms with Gasteiger partial charge in [0.1, 0.15) is 10.7 Å². The summed E-state index contributed by atoms with van der Waals surface area (Å²) in [4.78, 5) is 10.1. The van der Waals surface area contributed by atoms with Crippen LogP contribution in [0.2, 0.25) is 10.0 Å². The lowest BCUT2D eigenvalue weighted by Gasteiger charge is -2.33. The molecule has 6 nitrogen and oxygen atoms in total. The number of aromatic amines is 1. The molecular weight excluding hydrogens is 407 g/mol. The fraction of sp³-hybridized carbons (Fsp3) is 0.278. The molecular formula is C18H18Cl2N4O2S. The molecule has 0 unspecified atom stereocenters. The highest BCUT2D eigenvalue weighted by molar-refractivity contribution is 7.89. The monoisotopic (exact) mass is 424 g/mol. The zero-order chi connectivity index (χ0) is 19.0. The number of piperazine rings is 1. The number of H-pyrrole nitrogens is 1. The summed E-state index contributed by atoms with van der Waals surface area (Å²) in [5, 5.41) is 0.310. The van der Waals surface area contributed by atoms with E-state index in [1.54, 1.807) is 12.1 Å². The molecule has 1 saturated heterocycles. The summed E-state index contributed by atoms with van der Waals surface area (Å²) in [6, 6.07) is 12.5. The molecule has 1 fully saturated rings. The molecule has 142 valence electrons. The lowest BCUT2D eigenvalue weighted by Crippen LogP contribution is -2.48. The molecule has 0 radical (unpaired) electrons. The van der Waals surface area contributed by atoms with Gasteiger partial charge in [-0.3, -0.25) is 4.90 Å². The van der Waals surface area contributed by atoms with E-state index in [9.17, 15) is 8.42 Å². The van der Waals surface area contributed by atoms with Gasteiger partial charge in [-0.05, 0) is 24.3 Å². The number of nitrogens with one attached hydrogen (secondary N) is 1. The normalized spacial score (nSPS) is 16.8. The summed E-state index contributed by atoms with van der Waals surface area (Å²) in [6.07, 6.45) is 0. The van der Waals surface area contributed by atoms with Gasteiger partial charge in [0.15, 0.2) is 0 Å². The summed E-state index contributed by atoms with van der Waals surface area (Å²) in [5.74, 6) is 0.880. The van der Waals surface area contributed by atoms with E-state index < -0.39 is 10.0 Å². The fourth-order valence-corrected chi connectivity index (χ4v) is 5.40. The fourth-order valence-electron chi connectivity index (χ4n) is 3.24. The molecule has 27 heavy (non-hydrogen) atoms. The third kappa shape index (κ3) is 3.70. The minimum absolute atomic E-state index is 0.0578. The van der Waals surface area contributed by atoms with Crippen molar-refractivity contribution in [2.75, 3.05) is 26.2 Å². The zero-order valence-electron chi connectivity index (χ0n) is 14.4. The molecule has 1 aliphatic rings. The zero-order valence-corrected chi connectivity index (χ0v) is 16.7. The highest BCUT2D eigenvalue weighted by atomic mass is 35.5. The molecule has 9 heteroatoms. The number of aromatic nitrogens is 2. The lowest BCUT2D eigenvalue weighted by molar-refractivity contribution is 0.178. The average molecular weight is 425 g/mol. The summed E-state index contributed by atoms with van der Waals surface area (Å²) in [6.45, 7) is 2.68. The van der Waals surface area contributed by atoms with Crippen molar-refractivity contribution >= 4 is 44.3 Å². The second-order valence-corrected chi connectivity index (χ2v) is 9.12. The van der Waals surface area contributed by atoms with Gasteiger partial charge in [0.25, 0.3) is 0 Å². The van der Waals surface area contributed by atoms with Crippen molar-refractivity contribution < 1.29 is 8.42 Å². The highest BCUT2D eigenvalue weighted by Crippen LogP contribution is 2.31. The number of imidazole rings is 1. The molecule has 3 aromatic rings. The Labute approximate surface area is 167 Å². The van der Waals surface area contributed by atoms with E-state index in [0.717, 1.165) is 16.9 Å². The molecule has 1 aliphatic heterocycles. The van der Waals surface area contributed by atoms with Crippen LogP contribution < -0.4 is 0 Å². The molecule has 0 aliphatic carbocycles. The number of hydrogen-bond acceptors (Lipinski definition) is 4. The SMILES string of the molecule is O=S(=O)(c1cccc(Cl)c1Cl)N1CCN(Cc2nc3ccccc3[nH]2)CC1. The van der Waals surface area contributed by atoms with Crippen LogP contribution in [0, 0.1) is 0 Å². The Morgan fingerprint density at radius 2 is 1.74 bits per heavy atom. The Kier molecular flexibility index (Phi) is 5.13. The standard InChI is InChI=1S/C18H18Cl2N4O2S/c19-13-4-3-7-16(18(13)20)27(25,26)24-10-8-23(9-11-24)12-17-21-14-5-1-2-6-15(14)22-17/h1-7H,8-12H2,(H,21,22). The third-order valence-corrected chi connectivity index (χ3v) is 7.55. The number of halogens is 2. The molecule has 0 saturated carbocycles.